The number of nitrogens with one attached hydrogen (secondary N) is 1. The van der Waals surface area contributed by atoms with Gasteiger partial charge in [-0.2, -0.15) is 0 Å². The molecule has 7 heteroatoms. The Morgan fingerprint density at radius 1 is 1.00 bits per heavy atom. The van der Waals surface area contributed by atoms with Gasteiger partial charge in [-0.15, -0.1) is 0 Å². The molecule has 1 aromatic rings. The second-order valence-corrected chi connectivity index (χ2v) is 8.93. The van der Waals surface area contributed by atoms with Gasteiger partial charge in [0.2, 0.25) is 0 Å². The van der Waals surface area contributed by atoms with Crippen LogP contribution in [-0.2, 0) is 19.0 Å². The molecule has 0 aromatic heterocycles. The summed E-state index contributed by atoms with van der Waals surface area (Å²) in [5.74, 6) is -1.26. The van der Waals surface area contributed by atoms with Crippen molar-refractivity contribution in [2.75, 3.05) is 13.7 Å². The van der Waals surface area contributed by atoms with Gasteiger partial charge in [-0.3, -0.25) is 4.79 Å². The number of alkyl carbamates (subject to hydrolysis) is 1. The average molecular weight is 408 g/mol. The first-order valence-electron chi connectivity index (χ1n) is 9.59. The van der Waals surface area contributed by atoms with Crippen LogP contribution in [0.15, 0.2) is 18.2 Å². The van der Waals surface area contributed by atoms with Crippen LogP contribution in [0.3, 0.4) is 0 Å². The number of rotatable bonds is 6. The van der Waals surface area contributed by atoms with E-state index in [1.165, 1.54) is 7.11 Å². The van der Waals surface area contributed by atoms with Gasteiger partial charge in [-0.1, -0.05) is 6.07 Å². The number of ether oxygens (including phenoxy) is 3. The first-order chi connectivity index (χ1) is 13.2. The largest absolute Gasteiger partial charge is 0.465 e. The lowest BCUT2D eigenvalue weighted by Gasteiger charge is -2.25. The molecule has 162 valence electrons. The molecule has 1 unspecified atom stereocenters. The predicted molar refractivity (Wildman–Crippen MR) is 110 cm³/mol. The fourth-order valence-corrected chi connectivity index (χ4v) is 2.72. The van der Waals surface area contributed by atoms with E-state index < -0.39 is 35.2 Å². The lowest BCUT2D eigenvalue weighted by Crippen LogP contribution is -2.36. The van der Waals surface area contributed by atoms with E-state index in [1.807, 2.05) is 6.92 Å². The number of carbonyl (C=O) groups is 3. The van der Waals surface area contributed by atoms with Gasteiger partial charge >= 0.3 is 18.0 Å². The maximum atomic E-state index is 12.4. The van der Waals surface area contributed by atoms with Crippen molar-refractivity contribution in [3.05, 3.63) is 34.9 Å². The Kier molecular flexibility index (Phi) is 8.24. The normalized spacial score (nSPS) is 12.7. The van der Waals surface area contributed by atoms with Crippen LogP contribution in [0.5, 0.6) is 0 Å². The predicted octanol–water partition coefficient (Wildman–Crippen LogP) is 4.12. The molecule has 0 heterocycles. The van der Waals surface area contributed by atoms with Gasteiger partial charge in [0.1, 0.15) is 11.2 Å². The van der Waals surface area contributed by atoms with Crippen LogP contribution in [0.25, 0.3) is 0 Å². The van der Waals surface area contributed by atoms with E-state index in [0.29, 0.717) is 5.56 Å². The zero-order chi connectivity index (χ0) is 22.4. The lowest BCUT2D eigenvalue weighted by atomic mass is 9.90. The highest BCUT2D eigenvalue weighted by atomic mass is 16.6. The van der Waals surface area contributed by atoms with Gasteiger partial charge in [0.25, 0.3) is 0 Å². The third kappa shape index (κ3) is 8.98. The van der Waals surface area contributed by atoms with Crippen molar-refractivity contribution in [2.45, 2.75) is 72.0 Å². The molecule has 1 rings (SSSR count). The highest BCUT2D eigenvalue weighted by Crippen LogP contribution is 2.26. The minimum absolute atomic E-state index is 0.0402. The van der Waals surface area contributed by atoms with Gasteiger partial charge in [0.05, 0.1) is 19.1 Å². The fraction of sp³-hybridized carbons (Fsp3) is 0.591. The standard InChI is InChI=1S/C22H33NO6/c1-14-9-10-15(19(25)27-8)11-17(14)16(12-18(24)28-21(2,3)4)13-23-20(26)29-22(5,6)7/h9-11,16H,12-13H2,1-8H3,(H,23,26). The summed E-state index contributed by atoms with van der Waals surface area (Å²) in [5, 5.41) is 2.71. The van der Waals surface area contributed by atoms with Crippen molar-refractivity contribution in [1.82, 2.24) is 5.32 Å². The Bertz CT molecular complexity index is 743. The van der Waals surface area contributed by atoms with Crippen molar-refractivity contribution in [3.8, 4) is 0 Å². The van der Waals surface area contributed by atoms with Crippen LogP contribution in [0.2, 0.25) is 0 Å². The maximum Gasteiger partial charge on any atom is 0.407 e. The molecule has 0 spiro atoms. The van der Waals surface area contributed by atoms with Gasteiger partial charge in [-0.25, -0.2) is 9.59 Å². The SMILES string of the molecule is COC(=O)c1ccc(C)c(C(CNC(=O)OC(C)(C)C)CC(=O)OC(C)(C)C)c1. The summed E-state index contributed by atoms with van der Waals surface area (Å²) in [6.45, 7) is 12.7. The summed E-state index contributed by atoms with van der Waals surface area (Å²) in [5.41, 5.74) is 0.765. The van der Waals surface area contributed by atoms with Crippen LogP contribution in [0.1, 0.15) is 75.4 Å². The first-order valence-corrected chi connectivity index (χ1v) is 9.59. The Balaban J connectivity index is 3.11. The molecule has 0 fully saturated rings. The number of hydrogen-bond acceptors (Lipinski definition) is 6. The van der Waals surface area contributed by atoms with Crippen molar-refractivity contribution < 1.29 is 28.6 Å². The second-order valence-electron chi connectivity index (χ2n) is 8.93. The van der Waals surface area contributed by atoms with Crippen LogP contribution < -0.4 is 5.32 Å². The number of benzene rings is 1. The molecular formula is C22H33NO6. The molecule has 29 heavy (non-hydrogen) atoms. The molecule has 0 bridgehead atoms. The zero-order valence-corrected chi connectivity index (χ0v) is 18.7. The van der Waals surface area contributed by atoms with Crippen molar-refractivity contribution in [1.29, 1.82) is 0 Å². The summed E-state index contributed by atoms with van der Waals surface area (Å²) >= 11 is 0. The summed E-state index contributed by atoms with van der Waals surface area (Å²) < 4.78 is 15.5. The first kappa shape index (κ1) is 24.5. The van der Waals surface area contributed by atoms with Gasteiger partial charge < -0.3 is 19.5 Å². The quantitative estimate of drug-likeness (QED) is 0.563. The van der Waals surface area contributed by atoms with Crippen molar-refractivity contribution in [3.63, 3.8) is 0 Å². The van der Waals surface area contributed by atoms with Crippen molar-refractivity contribution in [2.24, 2.45) is 0 Å². The number of amides is 1. The fourth-order valence-electron chi connectivity index (χ4n) is 2.72. The van der Waals surface area contributed by atoms with Crippen LogP contribution in [0.4, 0.5) is 4.79 Å². The molecule has 0 radical (unpaired) electrons. The monoisotopic (exact) mass is 407 g/mol. The topological polar surface area (TPSA) is 90.9 Å². The Morgan fingerprint density at radius 2 is 1.59 bits per heavy atom. The van der Waals surface area contributed by atoms with E-state index in [0.717, 1.165) is 11.1 Å². The molecule has 1 aromatic carbocycles. The minimum atomic E-state index is -0.633. The van der Waals surface area contributed by atoms with Gasteiger partial charge in [-0.05, 0) is 71.7 Å². The molecule has 0 aliphatic carbocycles. The zero-order valence-electron chi connectivity index (χ0n) is 18.7. The second kappa shape index (κ2) is 9.76. The highest BCUT2D eigenvalue weighted by Gasteiger charge is 2.25. The number of aryl methyl sites for hydroxylation is 1. The third-order valence-electron chi connectivity index (χ3n) is 3.86. The van der Waals surface area contributed by atoms with Gasteiger partial charge in [0, 0.05) is 12.5 Å². The van der Waals surface area contributed by atoms with Crippen molar-refractivity contribution >= 4 is 18.0 Å². The molecule has 0 aliphatic rings. The number of carbonyl (C=O) groups excluding carboxylic acids is 3. The van der Waals surface area contributed by atoms with Gasteiger partial charge in [0.15, 0.2) is 0 Å². The molecule has 0 aliphatic heterocycles. The third-order valence-corrected chi connectivity index (χ3v) is 3.86. The lowest BCUT2D eigenvalue weighted by molar-refractivity contribution is -0.155. The summed E-state index contributed by atoms with van der Waals surface area (Å²) in [4.78, 5) is 36.5. The molecular weight excluding hydrogens is 374 g/mol. The van der Waals surface area contributed by atoms with E-state index in [2.05, 4.69) is 5.32 Å². The van der Waals surface area contributed by atoms with Crippen LogP contribution >= 0.6 is 0 Å². The minimum Gasteiger partial charge on any atom is -0.465 e. The number of esters is 2. The van der Waals surface area contributed by atoms with E-state index in [1.54, 1.807) is 59.7 Å². The molecule has 1 atom stereocenters. The Labute approximate surface area is 173 Å². The molecule has 1 N–H and O–H groups in total. The molecule has 1 amide bonds. The number of hydrogen-bond donors (Lipinski definition) is 1. The Morgan fingerprint density at radius 3 is 2.10 bits per heavy atom. The summed E-state index contributed by atoms with van der Waals surface area (Å²) in [7, 11) is 1.31. The van der Waals surface area contributed by atoms with E-state index in [4.69, 9.17) is 14.2 Å². The van der Waals surface area contributed by atoms with E-state index >= 15 is 0 Å². The van der Waals surface area contributed by atoms with Crippen LogP contribution in [-0.4, -0.2) is 42.9 Å². The molecule has 7 nitrogen and oxygen atoms in total. The Hall–Kier alpha value is -2.57. The molecule has 0 saturated heterocycles. The summed E-state index contributed by atoms with van der Waals surface area (Å²) in [6.07, 6.45) is -0.535. The van der Waals surface area contributed by atoms with E-state index in [-0.39, 0.29) is 13.0 Å². The average Bonchev–Trinajstić information content (AvgIpc) is 2.55. The number of methoxy groups -OCH3 is 1. The van der Waals surface area contributed by atoms with E-state index in [9.17, 15) is 14.4 Å². The smallest absolute Gasteiger partial charge is 0.407 e. The molecule has 0 saturated carbocycles. The van der Waals surface area contributed by atoms with Crippen LogP contribution in [0, 0.1) is 6.92 Å². The highest BCUT2D eigenvalue weighted by molar-refractivity contribution is 5.89. The summed E-state index contributed by atoms with van der Waals surface area (Å²) in [6, 6.07) is 5.14. The maximum absolute atomic E-state index is 12.4.